The molecular formula is C9H10N4O2S3. The van der Waals surface area contributed by atoms with E-state index >= 15 is 0 Å². The number of nitrogens with zero attached hydrogens (tertiary/aromatic N) is 4. The van der Waals surface area contributed by atoms with Gasteiger partial charge in [0, 0.05) is 7.05 Å². The maximum Gasteiger partial charge on any atom is 0.340 e. The molecule has 2 aromatic heterocycles. The number of hydrogen-bond acceptors (Lipinski definition) is 7. The van der Waals surface area contributed by atoms with E-state index in [2.05, 4.69) is 15.3 Å². The Balaban J connectivity index is 2.36. The van der Waals surface area contributed by atoms with E-state index in [9.17, 15) is 9.90 Å². The minimum Gasteiger partial charge on any atom is -0.478 e. The third-order valence-corrected chi connectivity index (χ3v) is 5.24. The third kappa shape index (κ3) is 2.52. The fraction of sp³-hybridized carbons (Fsp3) is 0.333. The highest BCUT2D eigenvalue weighted by atomic mass is 32.2. The van der Waals surface area contributed by atoms with Gasteiger partial charge in [-0.3, -0.25) is 4.68 Å². The summed E-state index contributed by atoms with van der Waals surface area (Å²) in [6.07, 6.45) is 1.92. The molecule has 0 unspecified atom stereocenters. The number of rotatable bonds is 4. The first-order chi connectivity index (χ1) is 8.52. The molecule has 2 rings (SSSR count). The molecule has 0 radical (unpaired) electrons. The normalized spacial score (nSPS) is 10.8. The van der Waals surface area contributed by atoms with Crippen molar-refractivity contribution in [3.05, 3.63) is 11.3 Å². The van der Waals surface area contributed by atoms with Crippen molar-refractivity contribution in [2.24, 2.45) is 7.05 Å². The molecule has 0 aliphatic rings. The van der Waals surface area contributed by atoms with Crippen LogP contribution < -0.4 is 0 Å². The lowest BCUT2D eigenvalue weighted by Gasteiger charge is -1.99. The number of thioether (sulfide) groups is 1. The standard InChI is InChI=1S/C9H10N4O2S3/c1-4-5(7(14)15)6(13(2)12-4)17-9-11-10-8(16-3)18-9/h1-3H3,(H,14,15). The maximum absolute atomic E-state index is 11.2. The summed E-state index contributed by atoms with van der Waals surface area (Å²) in [6, 6.07) is 0. The van der Waals surface area contributed by atoms with Crippen LogP contribution in [0.5, 0.6) is 0 Å². The quantitative estimate of drug-likeness (QED) is 0.867. The van der Waals surface area contributed by atoms with Gasteiger partial charge in [-0.2, -0.15) is 5.10 Å². The van der Waals surface area contributed by atoms with E-state index in [0.717, 1.165) is 4.34 Å². The first kappa shape index (κ1) is 13.4. The summed E-state index contributed by atoms with van der Waals surface area (Å²) in [5.74, 6) is -0.974. The second-order valence-corrected chi connectivity index (χ2v) is 6.60. The summed E-state index contributed by atoms with van der Waals surface area (Å²) >= 11 is 4.23. The second kappa shape index (κ2) is 5.29. The van der Waals surface area contributed by atoms with Gasteiger partial charge in [0.25, 0.3) is 0 Å². The minimum absolute atomic E-state index is 0.225. The summed E-state index contributed by atoms with van der Waals surface area (Å²) in [6.45, 7) is 1.68. The molecule has 2 aromatic rings. The average molecular weight is 302 g/mol. The topological polar surface area (TPSA) is 80.9 Å². The van der Waals surface area contributed by atoms with Gasteiger partial charge in [0.05, 0.1) is 5.69 Å². The van der Waals surface area contributed by atoms with Crippen LogP contribution in [0.15, 0.2) is 13.7 Å². The lowest BCUT2D eigenvalue weighted by Crippen LogP contribution is -2.00. The van der Waals surface area contributed by atoms with Crippen LogP contribution in [0.2, 0.25) is 0 Å². The molecule has 2 heterocycles. The van der Waals surface area contributed by atoms with Gasteiger partial charge in [-0.15, -0.1) is 10.2 Å². The molecule has 0 fully saturated rings. The first-order valence-electron chi connectivity index (χ1n) is 4.85. The highest BCUT2D eigenvalue weighted by molar-refractivity contribution is 8.03. The zero-order chi connectivity index (χ0) is 13.3. The SMILES string of the molecule is CSc1nnc(Sc2c(C(=O)O)c(C)nn2C)s1. The molecule has 0 saturated carbocycles. The van der Waals surface area contributed by atoms with Gasteiger partial charge in [-0.1, -0.05) is 23.1 Å². The lowest BCUT2D eigenvalue weighted by molar-refractivity contribution is 0.0692. The predicted octanol–water partition coefficient (Wildman–Crippen LogP) is 2.15. The van der Waals surface area contributed by atoms with Crippen molar-refractivity contribution >= 4 is 40.8 Å². The van der Waals surface area contributed by atoms with Crippen LogP contribution in [-0.2, 0) is 7.05 Å². The highest BCUT2D eigenvalue weighted by Gasteiger charge is 2.21. The van der Waals surface area contributed by atoms with E-state index in [-0.39, 0.29) is 5.56 Å². The fourth-order valence-corrected chi connectivity index (χ4v) is 3.96. The van der Waals surface area contributed by atoms with E-state index in [4.69, 9.17) is 0 Å². The van der Waals surface area contributed by atoms with E-state index < -0.39 is 5.97 Å². The molecule has 6 nitrogen and oxygen atoms in total. The van der Waals surface area contributed by atoms with Gasteiger partial charge in [0.15, 0.2) is 8.68 Å². The Morgan fingerprint density at radius 1 is 1.39 bits per heavy atom. The summed E-state index contributed by atoms with van der Waals surface area (Å²) in [5, 5.41) is 21.9. The van der Waals surface area contributed by atoms with Crippen molar-refractivity contribution < 1.29 is 9.90 Å². The molecule has 9 heteroatoms. The summed E-state index contributed by atoms with van der Waals surface area (Å²) in [4.78, 5) is 11.2. The van der Waals surface area contributed by atoms with Gasteiger partial charge in [0.1, 0.15) is 10.6 Å². The molecule has 0 spiro atoms. The molecule has 0 bridgehead atoms. The van der Waals surface area contributed by atoms with Crippen molar-refractivity contribution in [2.45, 2.75) is 20.6 Å². The molecule has 96 valence electrons. The molecule has 0 aromatic carbocycles. The Morgan fingerprint density at radius 2 is 2.06 bits per heavy atom. The minimum atomic E-state index is -0.974. The molecule has 18 heavy (non-hydrogen) atoms. The third-order valence-electron chi connectivity index (χ3n) is 2.13. The molecule has 1 N–H and O–H groups in total. The molecular weight excluding hydrogens is 292 g/mol. The predicted molar refractivity (Wildman–Crippen MR) is 70.7 cm³/mol. The smallest absolute Gasteiger partial charge is 0.340 e. The number of carboxylic acid groups (broad SMARTS) is 1. The monoisotopic (exact) mass is 302 g/mol. The fourth-order valence-electron chi connectivity index (χ4n) is 1.40. The molecule has 0 amide bonds. The average Bonchev–Trinajstić information content (AvgIpc) is 2.85. The first-order valence-corrected chi connectivity index (χ1v) is 7.71. The Labute approximate surface area is 116 Å². The van der Waals surface area contributed by atoms with E-state index in [1.165, 1.54) is 34.9 Å². The number of carbonyl (C=O) groups is 1. The van der Waals surface area contributed by atoms with Crippen molar-refractivity contribution in [1.82, 2.24) is 20.0 Å². The summed E-state index contributed by atoms with van der Waals surface area (Å²) < 4.78 is 3.13. The molecule has 0 saturated heterocycles. The number of aryl methyl sites for hydroxylation is 2. The van der Waals surface area contributed by atoms with Crippen molar-refractivity contribution in [3.8, 4) is 0 Å². The zero-order valence-corrected chi connectivity index (χ0v) is 12.3. The number of carboxylic acids is 1. The second-order valence-electron chi connectivity index (χ2n) is 3.33. The van der Waals surface area contributed by atoms with Gasteiger partial charge in [-0.05, 0) is 24.9 Å². The van der Waals surface area contributed by atoms with Crippen LogP contribution in [-0.4, -0.2) is 37.3 Å². The Morgan fingerprint density at radius 3 is 2.61 bits per heavy atom. The van der Waals surface area contributed by atoms with E-state index in [0.29, 0.717) is 15.1 Å². The number of aromatic carboxylic acids is 1. The molecule has 0 aliphatic heterocycles. The number of hydrogen-bond donors (Lipinski definition) is 1. The Kier molecular flexibility index (Phi) is 3.93. The van der Waals surface area contributed by atoms with Crippen LogP contribution in [0, 0.1) is 6.92 Å². The Bertz CT molecular complexity index is 593. The van der Waals surface area contributed by atoms with Crippen molar-refractivity contribution in [1.29, 1.82) is 0 Å². The van der Waals surface area contributed by atoms with Crippen molar-refractivity contribution in [3.63, 3.8) is 0 Å². The maximum atomic E-state index is 11.2. The van der Waals surface area contributed by atoms with Crippen LogP contribution in [0.3, 0.4) is 0 Å². The summed E-state index contributed by atoms with van der Waals surface area (Å²) in [5.41, 5.74) is 0.727. The van der Waals surface area contributed by atoms with Gasteiger partial charge in [-0.25, -0.2) is 4.79 Å². The Hall–Kier alpha value is -1.06. The summed E-state index contributed by atoms with van der Waals surface area (Å²) in [7, 11) is 1.72. The van der Waals surface area contributed by atoms with Gasteiger partial charge in [0.2, 0.25) is 0 Å². The highest BCUT2D eigenvalue weighted by Crippen LogP contribution is 2.35. The van der Waals surface area contributed by atoms with Crippen molar-refractivity contribution in [2.75, 3.05) is 6.26 Å². The largest absolute Gasteiger partial charge is 0.478 e. The van der Waals surface area contributed by atoms with Crippen LogP contribution in [0.4, 0.5) is 0 Å². The van der Waals surface area contributed by atoms with Gasteiger partial charge < -0.3 is 5.11 Å². The molecule has 0 aliphatic carbocycles. The van der Waals surface area contributed by atoms with Crippen LogP contribution in [0.1, 0.15) is 16.1 Å². The number of aromatic nitrogens is 4. The van der Waals surface area contributed by atoms with E-state index in [1.807, 2.05) is 6.26 Å². The van der Waals surface area contributed by atoms with E-state index in [1.54, 1.807) is 18.7 Å². The van der Waals surface area contributed by atoms with Crippen LogP contribution >= 0.6 is 34.9 Å². The molecule has 0 atom stereocenters. The van der Waals surface area contributed by atoms with Crippen LogP contribution in [0.25, 0.3) is 0 Å². The lowest BCUT2D eigenvalue weighted by atomic mass is 10.3. The van der Waals surface area contributed by atoms with Gasteiger partial charge >= 0.3 is 5.97 Å². The zero-order valence-electron chi connectivity index (χ0n) is 9.87.